The summed E-state index contributed by atoms with van der Waals surface area (Å²) in [4.78, 5) is 10.6. The number of nitrogens with zero attached hydrogens (tertiary/aromatic N) is 3. The van der Waals surface area contributed by atoms with Gasteiger partial charge >= 0.3 is 0 Å². The smallest absolute Gasteiger partial charge is 0.134 e. The largest absolute Gasteiger partial charge is 0.393 e. The Hall–Kier alpha value is -0.870. The van der Waals surface area contributed by atoms with Crippen LogP contribution in [0.3, 0.4) is 0 Å². The predicted molar refractivity (Wildman–Crippen MR) is 63.8 cm³/mol. The summed E-state index contributed by atoms with van der Waals surface area (Å²) < 4.78 is 0. The van der Waals surface area contributed by atoms with Gasteiger partial charge in [-0.2, -0.15) is 0 Å². The number of aliphatic hydroxyl groups excluding tert-OH is 1. The summed E-state index contributed by atoms with van der Waals surface area (Å²) in [6.45, 7) is 5.51. The molecule has 2 heterocycles. The molecule has 0 aromatic carbocycles. The molecule has 1 fully saturated rings. The van der Waals surface area contributed by atoms with E-state index in [1.807, 2.05) is 13.8 Å². The Balaban J connectivity index is 2.18. The molecule has 1 aromatic heterocycles. The van der Waals surface area contributed by atoms with Crippen LogP contribution in [0.15, 0.2) is 6.07 Å². The van der Waals surface area contributed by atoms with E-state index in [2.05, 4.69) is 14.9 Å². The van der Waals surface area contributed by atoms with Gasteiger partial charge in [0.05, 0.1) is 6.10 Å². The van der Waals surface area contributed by atoms with E-state index >= 15 is 0 Å². The van der Waals surface area contributed by atoms with Crippen LogP contribution < -0.4 is 4.90 Å². The zero-order valence-corrected chi connectivity index (χ0v) is 10.3. The molecule has 0 unspecified atom stereocenters. The topological polar surface area (TPSA) is 49.2 Å². The molecule has 0 spiro atoms. The van der Waals surface area contributed by atoms with Gasteiger partial charge in [-0.05, 0) is 19.3 Å². The minimum absolute atomic E-state index is 0.199. The van der Waals surface area contributed by atoms with Crippen molar-refractivity contribution in [3.05, 3.63) is 17.0 Å². The van der Waals surface area contributed by atoms with E-state index in [0.29, 0.717) is 11.0 Å². The normalized spacial score (nSPS) is 25.9. The van der Waals surface area contributed by atoms with Crippen molar-refractivity contribution in [3.63, 3.8) is 0 Å². The van der Waals surface area contributed by atoms with Crippen molar-refractivity contribution in [2.24, 2.45) is 5.92 Å². The molecule has 0 aliphatic carbocycles. The Morgan fingerprint density at radius 2 is 2.25 bits per heavy atom. The molecule has 1 saturated heterocycles. The Kier molecular flexibility index (Phi) is 3.30. The highest BCUT2D eigenvalue weighted by Gasteiger charge is 2.25. The van der Waals surface area contributed by atoms with Gasteiger partial charge in [-0.15, -0.1) is 0 Å². The van der Waals surface area contributed by atoms with Gasteiger partial charge < -0.3 is 10.0 Å². The maximum atomic E-state index is 9.67. The van der Waals surface area contributed by atoms with Crippen molar-refractivity contribution in [3.8, 4) is 0 Å². The van der Waals surface area contributed by atoms with Crippen molar-refractivity contribution in [1.29, 1.82) is 0 Å². The van der Waals surface area contributed by atoms with Crippen LogP contribution in [0.2, 0.25) is 5.15 Å². The third-order valence-corrected chi connectivity index (χ3v) is 3.17. The lowest BCUT2D eigenvalue weighted by atomic mass is 9.97. The molecule has 5 heteroatoms. The van der Waals surface area contributed by atoms with Gasteiger partial charge in [0.25, 0.3) is 0 Å². The first-order valence-corrected chi connectivity index (χ1v) is 5.88. The summed E-state index contributed by atoms with van der Waals surface area (Å²) in [6, 6.07) is 1.78. The maximum absolute atomic E-state index is 9.67. The highest BCUT2D eigenvalue weighted by Crippen LogP contribution is 2.23. The number of rotatable bonds is 1. The van der Waals surface area contributed by atoms with Crippen LogP contribution >= 0.6 is 11.6 Å². The summed E-state index contributed by atoms with van der Waals surface area (Å²) >= 11 is 5.91. The predicted octanol–water partition coefficient (Wildman–Crippen LogP) is 1.65. The molecule has 1 aromatic rings. The van der Waals surface area contributed by atoms with Crippen molar-refractivity contribution in [2.75, 3.05) is 18.0 Å². The minimum Gasteiger partial charge on any atom is -0.393 e. The number of aryl methyl sites for hydroxylation is 1. The van der Waals surface area contributed by atoms with E-state index in [0.717, 1.165) is 25.3 Å². The number of piperidine rings is 1. The number of aromatic nitrogens is 2. The molecule has 2 rings (SSSR count). The summed E-state index contributed by atoms with van der Waals surface area (Å²) in [5, 5.41) is 10.1. The van der Waals surface area contributed by atoms with Crippen LogP contribution in [0.25, 0.3) is 0 Å². The van der Waals surface area contributed by atoms with Crippen LogP contribution in [0, 0.1) is 12.8 Å². The Labute approximate surface area is 100 Å². The second-order valence-corrected chi connectivity index (χ2v) is 4.76. The fourth-order valence-corrected chi connectivity index (χ4v) is 2.24. The first kappa shape index (κ1) is 11.6. The van der Waals surface area contributed by atoms with Crippen LogP contribution in [-0.4, -0.2) is 34.3 Å². The molecule has 0 bridgehead atoms. The average molecular weight is 242 g/mol. The lowest BCUT2D eigenvalue weighted by Crippen LogP contribution is -2.42. The highest BCUT2D eigenvalue weighted by molar-refractivity contribution is 6.29. The van der Waals surface area contributed by atoms with E-state index in [9.17, 15) is 5.11 Å². The third-order valence-electron chi connectivity index (χ3n) is 2.98. The molecular formula is C11H16ClN3O. The van der Waals surface area contributed by atoms with Gasteiger partial charge in [0, 0.05) is 19.2 Å². The monoisotopic (exact) mass is 241 g/mol. The van der Waals surface area contributed by atoms with E-state index in [-0.39, 0.29) is 12.0 Å². The zero-order valence-electron chi connectivity index (χ0n) is 9.52. The number of anilines is 1. The van der Waals surface area contributed by atoms with Crippen molar-refractivity contribution < 1.29 is 5.11 Å². The fraction of sp³-hybridized carbons (Fsp3) is 0.636. The maximum Gasteiger partial charge on any atom is 0.134 e. The summed E-state index contributed by atoms with van der Waals surface area (Å²) in [6.07, 6.45) is 0.580. The van der Waals surface area contributed by atoms with E-state index < -0.39 is 0 Å². The van der Waals surface area contributed by atoms with E-state index in [1.54, 1.807) is 6.07 Å². The fourth-order valence-electron chi connectivity index (χ4n) is 2.02. The molecule has 1 aliphatic heterocycles. The summed E-state index contributed by atoms with van der Waals surface area (Å²) in [7, 11) is 0. The Morgan fingerprint density at radius 1 is 1.50 bits per heavy atom. The second kappa shape index (κ2) is 4.55. The standard InChI is InChI=1S/C11H16ClN3O/c1-7-6-15(4-3-9(7)16)11-5-10(12)13-8(2)14-11/h5,7,9,16H,3-4,6H2,1-2H3/t7-,9-/m1/s1. The van der Waals surface area contributed by atoms with Gasteiger partial charge in [0.1, 0.15) is 16.8 Å². The average Bonchev–Trinajstić information content (AvgIpc) is 2.20. The van der Waals surface area contributed by atoms with Crippen molar-refractivity contribution >= 4 is 17.4 Å². The molecule has 2 atom stereocenters. The van der Waals surface area contributed by atoms with Gasteiger partial charge in [-0.1, -0.05) is 18.5 Å². The highest BCUT2D eigenvalue weighted by atomic mass is 35.5. The Bertz CT molecular complexity index is 365. The van der Waals surface area contributed by atoms with E-state index in [4.69, 9.17) is 11.6 Å². The quantitative estimate of drug-likeness (QED) is 0.760. The number of aliphatic hydroxyl groups is 1. The lowest BCUT2D eigenvalue weighted by Gasteiger charge is -2.35. The number of halogens is 1. The van der Waals surface area contributed by atoms with Gasteiger partial charge in [0.2, 0.25) is 0 Å². The van der Waals surface area contributed by atoms with E-state index in [1.165, 1.54) is 0 Å². The molecular weight excluding hydrogens is 226 g/mol. The summed E-state index contributed by atoms with van der Waals surface area (Å²) in [5.74, 6) is 1.81. The lowest BCUT2D eigenvalue weighted by molar-refractivity contribution is 0.0969. The zero-order chi connectivity index (χ0) is 11.7. The van der Waals surface area contributed by atoms with Crippen LogP contribution in [0.1, 0.15) is 19.2 Å². The number of hydrogen-bond donors (Lipinski definition) is 1. The van der Waals surface area contributed by atoms with Gasteiger partial charge in [0.15, 0.2) is 0 Å². The van der Waals surface area contributed by atoms with Crippen molar-refractivity contribution in [1.82, 2.24) is 9.97 Å². The summed E-state index contributed by atoms with van der Waals surface area (Å²) in [5.41, 5.74) is 0. The molecule has 0 radical (unpaired) electrons. The molecule has 88 valence electrons. The van der Waals surface area contributed by atoms with Crippen LogP contribution in [-0.2, 0) is 0 Å². The SMILES string of the molecule is Cc1nc(Cl)cc(N2CC[C@@H](O)[C@H](C)C2)n1. The third kappa shape index (κ3) is 2.44. The van der Waals surface area contributed by atoms with Crippen molar-refractivity contribution in [2.45, 2.75) is 26.4 Å². The van der Waals surface area contributed by atoms with Gasteiger partial charge in [-0.25, -0.2) is 9.97 Å². The second-order valence-electron chi connectivity index (χ2n) is 4.38. The minimum atomic E-state index is -0.199. The van der Waals surface area contributed by atoms with Crippen LogP contribution in [0.4, 0.5) is 5.82 Å². The molecule has 0 saturated carbocycles. The molecule has 16 heavy (non-hydrogen) atoms. The molecule has 4 nitrogen and oxygen atoms in total. The van der Waals surface area contributed by atoms with Gasteiger partial charge in [-0.3, -0.25) is 0 Å². The first-order chi connectivity index (χ1) is 7.56. The first-order valence-electron chi connectivity index (χ1n) is 5.50. The molecule has 1 N–H and O–H groups in total. The molecule has 0 amide bonds. The van der Waals surface area contributed by atoms with Crippen LogP contribution in [0.5, 0.6) is 0 Å². The molecule has 1 aliphatic rings. The Morgan fingerprint density at radius 3 is 2.88 bits per heavy atom. The number of hydrogen-bond acceptors (Lipinski definition) is 4.